The van der Waals surface area contributed by atoms with Crippen LogP contribution in [0.15, 0.2) is 78.2 Å². The molecule has 0 saturated heterocycles. The second-order valence-electron chi connectivity index (χ2n) is 6.16. The number of carbonyl (C=O) groups is 1. The lowest BCUT2D eigenvalue weighted by Crippen LogP contribution is -2.29. The third kappa shape index (κ3) is 2.21. The molecule has 0 unspecified atom stereocenters. The van der Waals surface area contributed by atoms with Crippen LogP contribution in [0.3, 0.4) is 0 Å². The van der Waals surface area contributed by atoms with Crippen LogP contribution in [0.2, 0.25) is 0 Å². The molecule has 1 aliphatic rings. The number of rotatable bonds is 3. The number of nitrogens with one attached hydrogen (secondary N) is 1. The lowest BCUT2D eigenvalue weighted by atomic mass is 9.98. The standard InChI is InChI=1S/C21H15N3OS/c25-21-19-17(18(22-23-19)16-12-7-13-26-16)20(14-8-3-1-4-9-14)24(21)15-10-5-2-6-11-15/h1-13,20H,(H,22,23)/t20-/m1/s1. The first-order chi connectivity index (χ1) is 12.8. The average Bonchev–Trinajstić information content (AvgIpc) is 3.40. The maximum absolute atomic E-state index is 13.2. The van der Waals surface area contributed by atoms with Gasteiger partial charge in [0.15, 0.2) is 5.69 Å². The molecule has 1 aliphatic heterocycles. The summed E-state index contributed by atoms with van der Waals surface area (Å²) in [4.78, 5) is 16.1. The van der Waals surface area contributed by atoms with Crippen LogP contribution >= 0.6 is 11.3 Å². The van der Waals surface area contributed by atoms with E-state index in [1.165, 1.54) is 0 Å². The van der Waals surface area contributed by atoms with Crippen molar-refractivity contribution in [3.63, 3.8) is 0 Å². The summed E-state index contributed by atoms with van der Waals surface area (Å²) in [5.74, 6) is -0.0703. The highest BCUT2D eigenvalue weighted by molar-refractivity contribution is 7.13. The minimum absolute atomic E-state index is 0.0703. The van der Waals surface area contributed by atoms with Crippen molar-refractivity contribution >= 4 is 22.9 Å². The molecule has 1 atom stereocenters. The SMILES string of the molecule is O=C1c2n[nH]c(-c3cccs3)c2[C@@H](c2ccccc2)N1c1ccccc1. The van der Waals surface area contributed by atoms with E-state index >= 15 is 0 Å². The number of hydrogen-bond acceptors (Lipinski definition) is 3. The Hall–Kier alpha value is -3.18. The Morgan fingerprint density at radius 1 is 0.923 bits per heavy atom. The van der Waals surface area contributed by atoms with Gasteiger partial charge in [0, 0.05) is 11.3 Å². The van der Waals surface area contributed by atoms with E-state index in [1.807, 2.05) is 64.9 Å². The molecule has 5 heteroatoms. The maximum atomic E-state index is 13.2. The number of aromatic nitrogens is 2. The Morgan fingerprint density at radius 3 is 2.35 bits per heavy atom. The van der Waals surface area contributed by atoms with Crippen molar-refractivity contribution in [2.75, 3.05) is 4.90 Å². The van der Waals surface area contributed by atoms with Crippen molar-refractivity contribution in [2.24, 2.45) is 0 Å². The highest BCUT2D eigenvalue weighted by Crippen LogP contribution is 2.45. The minimum Gasteiger partial charge on any atom is -0.295 e. The summed E-state index contributed by atoms with van der Waals surface area (Å²) < 4.78 is 0. The van der Waals surface area contributed by atoms with Gasteiger partial charge in [-0.2, -0.15) is 5.10 Å². The van der Waals surface area contributed by atoms with Crippen LogP contribution < -0.4 is 4.90 Å². The predicted octanol–water partition coefficient (Wildman–Crippen LogP) is 4.89. The van der Waals surface area contributed by atoms with Gasteiger partial charge in [0.05, 0.1) is 16.6 Å². The zero-order valence-electron chi connectivity index (χ0n) is 13.8. The van der Waals surface area contributed by atoms with Crippen LogP contribution in [0.25, 0.3) is 10.6 Å². The van der Waals surface area contributed by atoms with Gasteiger partial charge in [-0.25, -0.2) is 0 Å². The van der Waals surface area contributed by atoms with Crippen molar-refractivity contribution in [2.45, 2.75) is 6.04 Å². The van der Waals surface area contributed by atoms with Crippen molar-refractivity contribution in [3.8, 4) is 10.6 Å². The maximum Gasteiger partial charge on any atom is 0.280 e. The first kappa shape index (κ1) is 15.1. The highest BCUT2D eigenvalue weighted by atomic mass is 32.1. The summed E-state index contributed by atoms with van der Waals surface area (Å²) in [5.41, 5.74) is 4.33. The number of thiophene rings is 1. The molecular formula is C21H15N3OS. The van der Waals surface area contributed by atoms with Crippen molar-refractivity contribution in [1.29, 1.82) is 0 Å². The Kier molecular flexibility index (Phi) is 3.47. The van der Waals surface area contributed by atoms with Crippen molar-refractivity contribution < 1.29 is 4.79 Å². The van der Waals surface area contributed by atoms with Crippen LogP contribution in [0, 0.1) is 0 Å². The molecule has 4 aromatic rings. The molecule has 2 aromatic carbocycles. The number of carbonyl (C=O) groups excluding carboxylic acids is 1. The quantitative estimate of drug-likeness (QED) is 0.568. The Balaban J connectivity index is 1.75. The molecule has 0 bridgehead atoms. The smallest absolute Gasteiger partial charge is 0.280 e. The lowest BCUT2D eigenvalue weighted by molar-refractivity contribution is 0.0989. The van der Waals surface area contributed by atoms with Crippen LogP contribution in [-0.4, -0.2) is 16.1 Å². The zero-order chi connectivity index (χ0) is 17.5. The van der Waals surface area contributed by atoms with Crippen LogP contribution in [-0.2, 0) is 0 Å². The fourth-order valence-corrected chi connectivity index (χ4v) is 4.29. The van der Waals surface area contributed by atoms with E-state index in [-0.39, 0.29) is 11.9 Å². The number of amides is 1. The Morgan fingerprint density at radius 2 is 1.65 bits per heavy atom. The third-order valence-electron chi connectivity index (χ3n) is 4.67. The number of H-pyrrole nitrogens is 1. The number of para-hydroxylation sites is 1. The van der Waals surface area contributed by atoms with Crippen LogP contribution in [0.1, 0.15) is 27.7 Å². The summed E-state index contributed by atoms with van der Waals surface area (Å²) in [6, 6.07) is 23.8. The number of fused-ring (bicyclic) bond motifs is 1. The van der Waals surface area contributed by atoms with Gasteiger partial charge in [0.25, 0.3) is 5.91 Å². The number of benzene rings is 2. The largest absolute Gasteiger partial charge is 0.295 e. The molecular weight excluding hydrogens is 342 g/mol. The molecule has 126 valence electrons. The predicted molar refractivity (Wildman–Crippen MR) is 103 cm³/mol. The first-order valence-corrected chi connectivity index (χ1v) is 9.28. The molecule has 3 heterocycles. The van der Waals surface area contributed by atoms with Gasteiger partial charge < -0.3 is 0 Å². The molecule has 26 heavy (non-hydrogen) atoms. The van der Waals surface area contributed by atoms with Gasteiger partial charge >= 0.3 is 0 Å². The van der Waals surface area contributed by atoms with Gasteiger partial charge in [-0.05, 0) is 29.1 Å². The van der Waals surface area contributed by atoms with E-state index in [0.717, 1.165) is 27.4 Å². The lowest BCUT2D eigenvalue weighted by Gasteiger charge is -2.26. The van der Waals surface area contributed by atoms with Gasteiger partial charge in [-0.3, -0.25) is 14.8 Å². The summed E-state index contributed by atoms with van der Waals surface area (Å²) >= 11 is 1.64. The fourth-order valence-electron chi connectivity index (χ4n) is 3.55. The molecule has 4 nitrogen and oxygen atoms in total. The van der Waals surface area contributed by atoms with Gasteiger partial charge in [0.1, 0.15) is 0 Å². The van der Waals surface area contributed by atoms with Crippen LogP contribution in [0.4, 0.5) is 5.69 Å². The van der Waals surface area contributed by atoms with Gasteiger partial charge in [-0.1, -0.05) is 54.6 Å². The van der Waals surface area contributed by atoms with Gasteiger partial charge in [0.2, 0.25) is 0 Å². The molecule has 0 fully saturated rings. The number of nitrogens with zero attached hydrogens (tertiary/aromatic N) is 2. The molecule has 1 amide bonds. The summed E-state index contributed by atoms with van der Waals surface area (Å²) in [5, 5.41) is 9.50. The Bertz CT molecular complexity index is 1060. The monoisotopic (exact) mass is 357 g/mol. The van der Waals surface area contributed by atoms with Crippen molar-refractivity contribution in [1.82, 2.24) is 10.2 Å². The first-order valence-electron chi connectivity index (χ1n) is 8.40. The second kappa shape index (κ2) is 5.97. The molecule has 0 aliphatic carbocycles. The van der Waals surface area contributed by atoms with Crippen LogP contribution in [0.5, 0.6) is 0 Å². The molecule has 5 rings (SSSR count). The van der Waals surface area contributed by atoms with E-state index in [9.17, 15) is 4.79 Å². The van der Waals surface area contributed by atoms with E-state index in [4.69, 9.17) is 0 Å². The average molecular weight is 357 g/mol. The van der Waals surface area contributed by atoms with E-state index in [0.29, 0.717) is 5.69 Å². The number of aromatic amines is 1. The molecule has 1 N–H and O–H groups in total. The van der Waals surface area contributed by atoms with E-state index in [1.54, 1.807) is 11.3 Å². The third-order valence-corrected chi connectivity index (χ3v) is 5.56. The zero-order valence-corrected chi connectivity index (χ0v) is 14.6. The molecule has 0 spiro atoms. The normalized spacial score (nSPS) is 16.1. The summed E-state index contributed by atoms with van der Waals surface area (Å²) in [7, 11) is 0. The second-order valence-corrected chi connectivity index (χ2v) is 7.11. The summed E-state index contributed by atoms with van der Waals surface area (Å²) in [6.45, 7) is 0. The summed E-state index contributed by atoms with van der Waals surface area (Å²) in [6.07, 6.45) is 0. The topological polar surface area (TPSA) is 49.0 Å². The van der Waals surface area contributed by atoms with Crippen molar-refractivity contribution in [3.05, 3.63) is 95.0 Å². The Labute approximate surface area is 154 Å². The molecule has 2 aromatic heterocycles. The van der Waals surface area contributed by atoms with E-state index < -0.39 is 0 Å². The molecule has 0 radical (unpaired) electrons. The minimum atomic E-state index is -0.197. The number of anilines is 1. The highest BCUT2D eigenvalue weighted by Gasteiger charge is 2.43. The fraction of sp³-hybridized carbons (Fsp3) is 0.0476. The molecule has 0 saturated carbocycles. The van der Waals surface area contributed by atoms with E-state index in [2.05, 4.69) is 28.4 Å². The van der Waals surface area contributed by atoms with Gasteiger partial charge in [-0.15, -0.1) is 11.3 Å². The number of hydrogen-bond donors (Lipinski definition) is 1.